The number of aromatic nitrogens is 4. The minimum absolute atomic E-state index is 0.0568. The summed E-state index contributed by atoms with van der Waals surface area (Å²) in [7, 11) is 1.89. The number of thiophene rings is 1. The van der Waals surface area contributed by atoms with Crippen molar-refractivity contribution in [3.8, 4) is 11.5 Å². The molecule has 27 heteroatoms. The van der Waals surface area contributed by atoms with Crippen LogP contribution >= 0.6 is 11.3 Å². The molecule has 7 amide bonds. The van der Waals surface area contributed by atoms with Crippen molar-refractivity contribution in [2.24, 2.45) is 17.4 Å². The number of nitrogens with zero attached hydrogens (tertiary/aromatic N) is 6. The summed E-state index contributed by atoms with van der Waals surface area (Å²) in [6, 6.07) is 24.8. The minimum Gasteiger partial charge on any atom is -0.488 e. The maximum Gasteiger partial charge on any atom is 0.737 e. The predicted octanol–water partition coefficient (Wildman–Crippen LogP) is 4.51. The molecule has 10 N–H and O–H groups in total. The molecule has 0 saturated carbocycles. The van der Waals surface area contributed by atoms with Crippen LogP contribution in [0.2, 0.25) is 0 Å². The van der Waals surface area contributed by atoms with Gasteiger partial charge in [0.15, 0.2) is 11.4 Å². The van der Waals surface area contributed by atoms with Crippen LogP contribution in [0.3, 0.4) is 0 Å². The third-order valence-corrected chi connectivity index (χ3v) is 16.6. The van der Waals surface area contributed by atoms with Gasteiger partial charge in [-0.2, -0.15) is 0 Å². The van der Waals surface area contributed by atoms with E-state index in [2.05, 4.69) is 49.0 Å². The minimum atomic E-state index is -4.18. The molecule has 23 nitrogen and oxygen atoms in total. The number of aliphatic hydroxyl groups is 1. The lowest BCUT2D eigenvalue weighted by Crippen LogP contribution is -2.59. The van der Waals surface area contributed by atoms with Gasteiger partial charge in [-0.05, 0) is 102 Å². The molecule has 0 unspecified atom stereocenters. The summed E-state index contributed by atoms with van der Waals surface area (Å²) in [5.41, 5.74) is 18.2. The van der Waals surface area contributed by atoms with Gasteiger partial charge >= 0.3 is 6.97 Å². The van der Waals surface area contributed by atoms with E-state index in [9.17, 15) is 38.7 Å². The van der Waals surface area contributed by atoms with E-state index in [1.807, 2.05) is 71.9 Å². The third kappa shape index (κ3) is 16.9. The van der Waals surface area contributed by atoms with E-state index in [-0.39, 0.29) is 32.4 Å². The summed E-state index contributed by atoms with van der Waals surface area (Å²) in [5.74, 6) is -4.67. The van der Waals surface area contributed by atoms with E-state index in [4.69, 9.17) is 20.9 Å². The number of allylic oxidation sites excluding steroid dienone is 2. The Morgan fingerprint density at radius 2 is 1.59 bits per heavy atom. The first kappa shape index (κ1) is 66.6. The summed E-state index contributed by atoms with van der Waals surface area (Å²) in [6.45, 7) is -0.155. The molecule has 6 heterocycles. The summed E-state index contributed by atoms with van der Waals surface area (Å²) >= 11 is 1.41. The van der Waals surface area contributed by atoms with Crippen LogP contribution in [-0.4, -0.2) is 145 Å². The van der Waals surface area contributed by atoms with Crippen molar-refractivity contribution in [2.75, 3.05) is 33.3 Å². The van der Waals surface area contributed by atoms with Gasteiger partial charge in [-0.15, -0.1) is 16.4 Å². The Morgan fingerprint density at radius 3 is 2.33 bits per heavy atom. The number of nitrogens with one attached hydrogen (secondary N) is 5. The quantitative estimate of drug-likeness (QED) is 0.0278. The molecule has 0 radical (unpaired) electrons. The second kappa shape index (κ2) is 30.8. The largest absolute Gasteiger partial charge is 0.737 e. The van der Waals surface area contributed by atoms with Crippen LogP contribution in [0.5, 0.6) is 11.5 Å². The van der Waals surface area contributed by atoms with Crippen molar-refractivity contribution in [3.63, 3.8) is 0 Å². The van der Waals surface area contributed by atoms with Gasteiger partial charge in [0.25, 0.3) is 0 Å². The first-order valence-corrected chi connectivity index (χ1v) is 31.1. The number of nitrogens with two attached hydrogens (primary N) is 2. The van der Waals surface area contributed by atoms with Crippen LogP contribution in [0, 0.1) is 5.92 Å². The lowest BCUT2D eigenvalue weighted by Gasteiger charge is -2.30. The molecular weight excluding hydrogens is 1200 g/mol. The number of halogens is 2. The van der Waals surface area contributed by atoms with Crippen molar-refractivity contribution in [2.45, 2.75) is 96.3 Å². The zero-order valence-electron chi connectivity index (χ0n) is 51.1. The number of para-hydroxylation sites is 1. The molecule has 3 aliphatic rings. The van der Waals surface area contributed by atoms with Crippen molar-refractivity contribution < 1.29 is 61.3 Å². The van der Waals surface area contributed by atoms with Gasteiger partial charge in [0.05, 0.1) is 24.1 Å². The number of carbonyl (C=O) groups is 7. The van der Waals surface area contributed by atoms with Crippen LogP contribution in [0.1, 0.15) is 96.6 Å². The molecule has 3 aromatic heterocycles. The van der Waals surface area contributed by atoms with E-state index >= 15 is 8.63 Å². The summed E-state index contributed by atoms with van der Waals surface area (Å²) < 4.78 is 48.3. The van der Waals surface area contributed by atoms with E-state index in [0.29, 0.717) is 73.3 Å². The number of ether oxygens (including phenoxy) is 2. The summed E-state index contributed by atoms with van der Waals surface area (Å²) in [6.07, 6.45) is 12.6. The van der Waals surface area contributed by atoms with Crippen molar-refractivity contribution in [3.05, 3.63) is 177 Å². The maximum absolute atomic E-state index is 16.2. The molecule has 0 bridgehead atoms. The van der Waals surface area contributed by atoms with Gasteiger partial charge in [-0.1, -0.05) is 91.9 Å². The monoisotopic (exact) mass is 1280 g/mol. The topological polar surface area (TPSA) is 312 Å². The highest BCUT2D eigenvalue weighted by Gasteiger charge is 2.52. The Hall–Kier alpha value is -9.86. The fourth-order valence-electron chi connectivity index (χ4n) is 10.9. The smallest absolute Gasteiger partial charge is 0.488 e. The Bertz CT molecular complexity index is 3790. The second-order valence-corrected chi connectivity index (χ2v) is 23.8. The van der Waals surface area contributed by atoms with Crippen LogP contribution in [0.4, 0.5) is 8.63 Å². The van der Waals surface area contributed by atoms with Gasteiger partial charge in [0.2, 0.25) is 41.4 Å². The van der Waals surface area contributed by atoms with Crippen molar-refractivity contribution >= 4 is 89.2 Å². The Labute approximate surface area is 534 Å². The van der Waals surface area contributed by atoms with E-state index in [1.54, 1.807) is 91.5 Å². The molecule has 0 spiro atoms. The zero-order chi connectivity index (χ0) is 65.5. The molecule has 4 atom stereocenters. The number of aryl methyl sites for hydroxylation is 1. The Morgan fingerprint density at radius 1 is 0.837 bits per heavy atom. The van der Waals surface area contributed by atoms with Crippen molar-refractivity contribution in [1.82, 2.24) is 51.0 Å². The molecular formula is C65H74BF2N13O10S. The number of carbonyl (C=O) groups excluding carboxylic acids is 7. The normalized spacial score (nSPS) is 15.4. The van der Waals surface area contributed by atoms with Crippen LogP contribution in [0.15, 0.2) is 133 Å². The molecule has 482 valence electrons. The highest BCUT2D eigenvalue weighted by Crippen LogP contribution is 2.38. The number of hydrogen-bond acceptors (Lipinski definition) is 14. The highest BCUT2D eigenvalue weighted by molar-refractivity contribution is 7.12. The average Bonchev–Trinajstić information content (AvgIpc) is 1.57. The maximum atomic E-state index is 16.2. The van der Waals surface area contributed by atoms with Gasteiger partial charge in [0.1, 0.15) is 54.6 Å². The second-order valence-electron chi connectivity index (χ2n) is 22.8. The molecule has 0 fully saturated rings. The zero-order valence-corrected chi connectivity index (χ0v) is 52.0. The lowest BCUT2D eigenvalue weighted by molar-refractivity contribution is -0.360. The molecule has 6 aromatic rings. The van der Waals surface area contributed by atoms with Crippen molar-refractivity contribution in [1.29, 1.82) is 0 Å². The number of hydrogen-bond donors (Lipinski definition) is 8. The van der Waals surface area contributed by atoms with Crippen LogP contribution in [-0.2, 0) is 53.3 Å². The molecule has 3 aromatic carbocycles. The van der Waals surface area contributed by atoms with Gasteiger partial charge in [-0.25, -0.2) is 0 Å². The number of primary amides is 2. The van der Waals surface area contributed by atoms with Gasteiger partial charge in [-0.3, -0.25) is 38.2 Å². The SMILES string of the molecule is CC(C)[C@H](NC(=O)CCN(C)CC/C=C1\c2ccccc2COc2ccccc21)C(=O)N[C@@H](CO)C(=O)N[C@@H](CC(N)=O)C(=O)NCCC(=O)N[C@@H](CCCn1cc(COc2ccc(/C=C/c3ccc4n3[B-](F)(F)[N+]3=C(c5cccs5)C=CC3=C4)cc2)nn1)C(N)=O. The summed E-state index contributed by atoms with van der Waals surface area (Å²) in [5, 5.41) is 32.8. The third-order valence-electron chi connectivity index (χ3n) is 15.7. The number of benzene rings is 3. The Kier molecular flexibility index (Phi) is 22.3. The first-order valence-electron chi connectivity index (χ1n) is 30.2. The number of amides is 7. The molecule has 92 heavy (non-hydrogen) atoms. The molecule has 0 aliphatic carbocycles. The molecule has 3 aliphatic heterocycles. The van der Waals surface area contributed by atoms with E-state index < -0.39 is 91.4 Å². The first-order chi connectivity index (χ1) is 44.3. The number of aliphatic hydroxyl groups excluding tert-OH is 1. The standard InChI is InChI=1S/C65H74BF2N13O10S/c1-41(2)61(75-60(85)29-33-78(3)31-8-14-50-49-12-5-4-11-43(49)39-91-56-16-7-6-13-51(50)56)65(89)74-54(38-82)64(88)73-53(36-58(69)83)63(87)71-30-28-59(84)72-52(62(70)86)15-9-32-79-37-44(76-77-79)40-90-48-25-19-42(20-26-48)18-21-45-22-23-46-35-47-24-27-55(57-17-10-34-92-57)81(47)66(67,68)80(45)46/h4-7,10-14,16-27,34-35,37,41,52-54,61,82H,8-9,15,28-33,36,38-40H2,1-3H3,(H2,69,83)(H2,70,86)(H,71,87)(H,72,84)(H,73,88)(H,74,89)(H,75,85)/b21-18+,50-14+/t52-,53-,54-,61-/m0/s1. The van der Waals surface area contributed by atoms with E-state index in [0.717, 1.165) is 47.4 Å². The number of fused-ring (bicyclic) bond motifs is 4. The van der Waals surface area contributed by atoms with Gasteiger partial charge < -0.3 is 75.1 Å². The Balaban J connectivity index is 0.671. The fourth-order valence-corrected chi connectivity index (χ4v) is 11.6. The summed E-state index contributed by atoms with van der Waals surface area (Å²) in [4.78, 5) is 93.6. The predicted molar refractivity (Wildman–Crippen MR) is 344 cm³/mol. The highest BCUT2D eigenvalue weighted by atomic mass is 32.1. The fraction of sp³-hybridized carbons (Fsp3) is 0.323. The molecule has 0 saturated heterocycles. The van der Waals surface area contributed by atoms with Crippen LogP contribution < -0.4 is 47.5 Å². The van der Waals surface area contributed by atoms with Crippen LogP contribution in [0.25, 0.3) is 23.8 Å². The molecule has 9 rings (SSSR count). The average molecular weight is 1280 g/mol. The van der Waals surface area contributed by atoms with Gasteiger partial charge in [0, 0.05) is 74.2 Å². The van der Waals surface area contributed by atoms with E-state index in [1.165, 1.54) is 11.3 Å². The lowest BCUT2D eigenvalue weighted by atomic mass is 9.90. The number of rotatable bonds is 31.